The standard InChI is InChI=1S/C13H23BrO2/c1-13(2,3)12(15)11(14)5-4-10-6-8-16-9-7-10/h10-11H,4-9H2,1-3H3. The van der Waals surface area contributed by atoms with Crippen LogP contribution in [0.25, 0.3) is 0 Å². The molecule has 94 valence electrons. The largest absolute Gasteiger partial charge is 0.381 e. The fraction of sp³-hybridized carbons (Fsp3) is 0.923. The Labute approximate surface area is 107 Å². The molecule has 2 nitrogen and oxygen atoms in total. The van der Waals surface area contributed by atoms with Crippen LogP contribution in [0.3, 0.4) is 0 Å². The van der Waals surface area contributed by atoms with Crippen molar-refractivity contribution in [2.75, 3.05) is 13.2 Å². The van der Waals surface area contributed by atoms with Gasteiger partial charge < -0.3 is 4.74 Å². The topological polar surface area (TPSA) is 26.3 Å². The number of Topliss-reactive ketones (excluding diaryl/α,β-unsaturated/α-hetero) is 1. The van der Waals surface area contributed by atoms with Crippen LogP contribution in [-0.4, -0.2) is 23.8 Å². The molecular weight excluding hydrogens is 268 g/mol. The van der Waals surface area contributed by atoms with Crippen LogP contribution >= 0.6 is 15.9 Å². The Morgan fingerprint density at radius 3 is 2.44 bits per heavy atom. The second kappa shape index (κ2) is 6.15. The van der Waals surface area contributed by atoms with E-state index in [4.69, 9.17) is 4.74 Å². The third-order valence-corrected chi connectivity index (χ3v) is 4.07. The first-order valence-corrected chi connectivity index (χ1v) is 7.09. The molecule has 0 amide bonds. The molecule has 1 atom stereocenters. The average Bonchev–Trinajstić information content (AvgIpc) is 2.25. The molecule has 0 saturated carbocycles. The van der Waals surface area contributed by atoms with Crippen molar-refractivity contribution in [2.24, 2.45) is 11.3 Å². The molecule has 1 saturated heterocycles. The molecule has 1 aliphatic heterocycles. The van der Waals surface area contributed by atoms with Crippen molar-refractivity contribution >= 4 is 21.7 Å². The van der Waals surface area contributed by atoms with Crippen LogP contribution in [0.15, 0.2) is 0 Å². The summed E-state index contributed by atoms with van der Waals surface area (Å²) in [5.41, 5.74) is -0.232. The van der Waals surface area contributed by atoms with Crippen LogP contribution in [0, 0.1) is 11.3 Å². The zero-order valence-electron chi connectivity index (χ0n) is 10.6. The summed E-state index contributed by atoms with van der Waals surface area (Å²) in [4.78, 5) is 12.0. The number of hydrogen-bond donors (Lipinski definition) is 0. The Bertz CT molecular complexity index is 227. The van der Waals surface area contributed by atoms with Crippen molar-refractivity contribution < 1.29 is 9.53 Å². The number of halogens is 1. The summed E-state index contributed by atoms with van der Waals surface area (Å²) in [5, 5.41) is 0. The van der Waals surface area contributed by atoms with Crippen molar-refractivity contribution in [3.8, 4) is 0 Å². The highest BCUT2D eigenvalue weighted by atomic mass is 79.9. The molecule has 0 aromatic rings. The summed E-state index contributed by atoms with van der Waals surface area (Å²) in [6.07, 6.45) is 4.41. The van der Waals surface area contributed by atoms with E-state index in [1.165, 1.54) is 0 Å². The first kappa shape index (κ1) is 14.2. The average molecular weight is 291 g/mol. The van der Waals surface area contributed by atoms with Crippen molar-refractivity contribution in [2.45, 2.75) is 51.3 Å². The Kier molecular flexibility index (Phi) is 5.45. The first-order chi connectivity index (χ1) is 7.41. The molecule has 1 fully saturated rings. The Morgan fingerprint density at radius 2 is 1.94 bits per heavy atom. The maximum absolute atomic E-state index is 12.0. The normalized spacial score (nSPS) is 20.8. The molecule has 0 N–H and O–H groups in total. The fourth-order valence-electron chi connectivity index (χ4n) is 2.02. The van der Waals surface area contributed by atoms with E-state index in [1.807, 2.05) is 20.8 Å². The van der Waals surface area contributed by atoms with Gasteiger partial charge in [0.15, 0.2) is 5.78 Å². The summed E-state index contributed by atoms with van der Waals surface area (Å²) in [6.45, 7) is 7.74. The summed E-state index contributed by atoms with van der Waals surface area (Å²) in [7, 11) is 0. The lowest BCUT2D eigenvalue weighted by molar-refractivity contribution is -0.125. The number of hydrogen-bond acceptors (Lipinski definition) is 2. The lowest BCUT2D eigenvalue weighted by atomic mass is 9.86. The predicted molar refractivity (Wildman–Crippen MR) is 70.0 cm³/mol. The summed E-state index contributed by atoms with van der Waals surface area (Å²) < 4.78 is 5.33. The number of carbonyl (C=O) groups excluding carboxylic acids is 1. The minimum Gasteiger partial charge on any atom is -0.381 e. The Hall–Kier alpha value is 0.110. The zero-order chi connectivity index (χ0) is 12.2. The third kappa shape index (κ3) is 4.54. The van der Waals surface area contributed by atoms with Gasteiger partial charge in [0.05, 0.1) is 4.83 Å². The van der Waals surface area contributed by atoms with Crippen LogP contribution in [0.2, 0.25) is 0 Å². The van der Waals surface area contributed by atoms with E-state index in [-0.39, 0.29) is 10.2 Å². The Morgan fingerprint density at radius 1 is 1.38 bits per heavy atom. The predicted octanol–water partition coefficient (Wildman–Crippen LogP) is 3.57. The highest BCUT2D eigenvalue weighted by Crippen LogP contribution is 2.27. The van der Waals surface area contributed by atoms with Gasteiger partial charge in [-0.25, -0.2) is 0 Å². The molecule has 16 heavy (non-hydrogen) atoms. The molecule has 1 rings (SSSR count). The lowest BCUT2D eigenvalue weighted by Gasteiger charge is -2.25. The highest BCUT2D eigenvalue weighted by molar-refractivity contribution is 9.10. The summed E-state index contributed by atoms with van der Waals surface area (Å²) in [6, 6.07) is 0. The van der Waals surface area contributed by atoms with Gasteiger partial charge in [-0.05, 0) is 31.6 Å². The minimum atomic E-state index is -0.232. The van der Waals surface area contributed by atoms with Gasteiger partial charge in [-0.1, -0.05) is 36.7 Å². The molecule has 1 heterocycles. The molecule has 0 aromatic carbocycles. The molecule has 0 radical (unpaired) electrons. The molecule has 1 aliphatic rings. The van der Waals surface area contributed by atoms with Gasteiger partial charge in [-0.15, -0.1) is 0 Å². The first-order valence-electron chi connectivity index (χ1n) is 6.17. The van der Waals surface area contributed by atoms with E-state index in [9.17, 15) is 4.79 Å². The van der Waals surface area contributed by atoms with Crippen molar-refractivity contribution in [3.63, 3.8) is 0 Å². The van der Waals surface area contributed by atoms with Gasteiger partial charge in [0, 0.05) is 18.6 Å². The van der Waals surface area contributed by atoms with E-state index < -0.39 is 0 Å². The van der Waals surface area contributed by atoms with Gasteiger partial charge in [-0.2, -0.15) is 0 Å². The summed E-state index contributed by atoms with van der Waals surface area (Å²) >= 11 is 3.53. The van der Waals surface area contributed by atoms with Crippen LogP contribution < -0.4 is 0 Å². The molecule has 0 spiro atoms. The highest BCUT2D eigenvalue weighted by Gasteiger charge is 2.28. The number of rotatable bonds is 4. The SMILES string of the molecule is CC(C)(C)C(=O)C(Br)CCC1CCOCC1. The second-order valence-corrected chi connectivity index (χ2v) is 6.82. The van der Waals surface area contributed by atoms with Gasteiger partial charge in [0.2, 0.25) is 0 Å². The van der Waals surface area contributed by atoms with E-state index in [0.717, 1.165) is 44.8 Å². The molecule has 1 unspecified atom stereocenters. The van der Waals surface area contributed by atoms with Crippen LogP contribution in [0.5, 0.6) is 0 Å². The van der Waals surface area contributed by atoms with E-state index in [1.54, 1.807) is 0 Å². The van der Waals surface area contributed by atoms with Crippen molar-refractivity contribution in [3.05, 3.63) is 0 Å². The fourth-order valence-corrected chi connectivity index (χ4v) is 2.97. The van der Waals surface area contributed by atoms with E-state index >= 15 is 0 Å². The number of carbonyl (C=O) groups is 1. The van der Waals surface area contributed by atoms with E-state index in [0.29, 0.717) is 5.78 Å². The number of ketones is 1. The van der Waals surface area contributed by atoms with Crippen molar-refractivity contribution in [1.82, 2.24) is 0 Å². The maximum Gasteiger partial charge on any atom is 0.151 e. The monoisotopic (exact) mass is 290 g/mol. The third-order valence-electron chi connectivity index (χ3n) is 3.19. The van der Waals surface area contributed by atoms with Crippen molar-refractivity contribution in [1.29, 1.82) is 0 Å². The molecular formula is C13H23BrO2. The second-order valence-electron chi connectivity index (χ2n) is 5.71. The van der Waals surface area contributed by atoms with Crippen LogP contribution in [0.4, 0.5) is 0 Å². The van der Waals surface area contributed by atoms with Gasteiger partial charge in [-0.3, -0.25) is 4.79 Å². The molecule has 3 heteroatoms. The summed E-state index contributed by atoms with van der Waals surface area (Å²) in [5.74, 6) is 1.07. The molecule has 0 aromatic heterocycles. The maximum atomic E-state index is 12.0. The quantitative estimate of drug-likeness (QED) is 0.740. The molecule has 0 bridgehead atoms. The Balaban J connectivity index is 2.28. The van der Waals surface area contributed by atoms with Crippen LogP contribution in [-0.2, 0) is 9.53 Å². The van der Waals surface area contributed by atoms with Gasteiger partial charge in [0.1, 0.15) is 0 Å². The number of ether oxygens (including phenoxy) is 1. The van der Waals surface area contributed by atoms with Crippen LogP contribution in [0.1, 0.15) is 46.5 Å². The van der Waals surface area contributed by atoms with Gasteiger partial charge in [0.25, 0.3) is 0 Å². The zero-order valence-corrected chi connectivity index (χ0v) is 12.2. The smallest absolute Gasteiger partial charge is 0.151 e. The molecule has 0 aliphatic carbocycles. The van der Waals surface area contributed by atoms with E-state index in [2.05, 4.69) is 15.9 Å². The number of alkyl halides is 1. The lowest BCUT2D eigenvalue weighted by Crippen LogP contribution is -2.29. The van der Waals surface area contributed by atoms with Gasteiger partial charge >= 0.3 is 0 Å². The minimum absolute atomic E-state index is 0.0235.